The zero-order valence-corrected chi connectivity index (χ0v) is 11.5. The number of nitrogens with zero attached hydrogens (tertiary/aromatic N) is 1. The summed E-state index contributed by atoms with van der Waals surface area (Å²) in [6.07, 6.45) is 0.433. The van der Waals surface area contributed by atoms with Gasteiger partial charge in [0, 0.05) is 0 Å². The number of esters is 1. The lowest BCUT2D eigenvalue weighted by molar-refractivity contribution is -0.208. The summed E-state index contributed by atoms with van der Waals surface area (Å²) in [7, 11) is 1.27. The van der Waals surface area contributed by atoms with Gasteiger partial charge in [-0.2, -0.15) is 0 Å². The van der Waals surface area contributed by atoms with Gasteiger partial charge in [0.25, 0.3) is 0 Å². The lowest BCUT2D eigenvalue weighted by atomic mass is 9.96. The molecule has 1 saturated heterocycles. The molecule has 7 nitrogen and oxygen atoms in total. The lowest BCUT2D eigenvalue weighted by Crippen LogP contribution is -2.69. The molecule has 112 valence electrons. The zero-order chi connectivity index (χ0) is 15.2. The van der Waals surface area contributed by atoms with Gasteiger partial charge in [0.1, 0.15) is 6.61 Å². The summed E-state index contributed by atoms with van der Waals surface area (Å²) in [4.78, 5) is 39.3. The van der Waals surface area contributed by atoms with Crippen LogP contribution in [0.15, 0.2) is 30.3 Å². The van der Waals surface area contributed by atoms with Crippen molar-refractivity contribution in [1.82, 2.24) is 10.4 Å². The summed E-state index contributed by atoms with van der Waals surface area (Å²) in [6, 6.07) is 7.94. The van der Waals surface area contributed by atoms with Crippen molar-refractivity contribution in [3.8, 4) is 0 Å². The molecule has 0 saturated carbocycles. The van der Waals surface area contributed by atoms with Gasteiger partial charge >= 0.3 is 5.97 Å². The van der Waals surface area contributed by atoms with E-state index < -0.39 is 18.1 Å². The Hall–Kier alpha value is -2.41. The van der Waals surface area contributed by atoms with Crippen LogP contribution in [0.5, 0.6) is 0 Å². The Bertz CT molecular complexity index is 519. The first-order valence-electron chi connectivity index (χ1n) is 6.43. The number of hydrogen-bond donors (Lipinski definition) is 1. The second kappa shape index (κ2) is 6.85. The Labute approximate surface area is 121 Å². The average Bonchev–Trinajstić information content (AvgIpc) is 2.51. The maximum Gasteiger partial charge on any atom is 0.307 e. The SMILES string of the molecule is COC(=O)C[C@@H]1NC(=O)[C@@H]1N(C=O)OCc1ccccc1. The maximum absolute atomic E-state index is 11.6. The van der Waals surface area contributed by atoms with Crippen LogP contribution < -0.4 is 5.32 Å². The molecule has 0 radical (unpaired) electrons. The van der Waals surface area contributed by atoms with Crippen LogP contribution in [0.2, 0.25) is 0 Å². The Balaban J connectivity index is 1.94. The van der Waals surface area contributed by atoms with Crippen LogP contribution in [0, 0.1) is 0 Å². The van der Waals surface area contributed by atoms with Crippen LogP contribution in [-0.2, 0) is 30.6 Å². The van der Waals surface area contributed by atoms with Gasteiger partial charge in [-0.1, -0.05) is 30.3 Å². The lowest BCUT2D eigenvalue weighted by Gasteiger charge is -2.40. The minimum Gasteiger partial charge on any atom is -0.469 e. The molecule has 0 bridgehead atoms. The van der Waals surface area contributed by atoms with E-state index in [1.165, 1.54) is 7.11 Å². The Morgan fingerprint density at radius 1 is 1.38 bits per heavy atom. The number of β-lactam (4-membered cyclic amide) rings is 1. The summed E-state index contributed by atoms with van der Waals surface area (Å²) < 4.78 is 4.54. The molecule has 2 atom stereocenters. The molecule has 2 amide bonds. The van der Waals surface area contributed by atoms with Gasteiger partial charge in [0.05, 0.1) is 19.6 Å². The summed E-state index contributed by atoms with van der Waals surface area (Å²) in [5, 5.41) is 3.49. The largest absolute Gasteiger partial charge is 0.469 e. The smallest absolute Gasteiger partial charge is 0.307 e. The predicted molar refractivity (Wildman–Crippen MR) is 71.5 cm³/mol. The van der Waals surface area contributed by atoms with E-state index in [4.69, 9.17) is 4.84 Å². The van der Waals surface area contributed by atoms with Gasteiger partial charge in [-0.25, -0.2) is 5.06 Å². The summed E-state index contributed by atoms with van der Waals surface area (Å²) in [5.41, 5.74) is 0.869. The molecule has 0 aliphatic carbocycles. The molecule has 7 heteroatoms. The van der Waals surface area contributed by atoms with E-state index >= 15 is 0 Å². The summed E-state index contributed by atoms with van der Waals surface area (Å²) in [6.45, 7) is 0.161. The molecule has 1 heterocycles. The third-order valence-electron chi connectivity index (χ3n) is 3.19. The first-order valence-corrected chi connectivity index (χ1v) is 6.43. The molecule has 0 unspecified atom stereocenters. The molecule has 1 aliphatic rings. The fourth-order valence-electron chi connectivity index (χ4n) is 2.05. The van der Waals surface area contributed by atoms with Gasteiger partial charge < -0.3 is 10.1 Å². The van der Waals surface area contributed by atoms with Crippen LogP contribution in [-0.4, -0.2) is 42.5 Å². The van der Waals surface area contributed by atoms with Gasteiger partial charge in [0.15, 0.2) is 6.04 Å². The Morgan fingerprint density at radius 3 is 2.67 bits per heavy atom. The number of nitrogens with one attached hydrogen (secondary N) is 1. The number of ether oxygens (including phenoxy) is 1. The van der Waals surface area contributed by atoms with Crippen LogP contribution in [0.3, 0.4) is 0 Å². The van der Waals surface area contributed by atoms with Crippen LogP contribution in [0.4, 0.5) is 0 Å². The zero-order valence-electron chi connectivity index (χ0n) is 11.5. The highest BCUT2D eigenvalue weighted by Gasteiger charge is 2.45. The normalized spacial score (nSPS) is 20.1. The molecular weight excluding hydrogens is 276 g/mol. The molecule has 0 spiro atoms. The molecule has 21 heavy (non-hydrogen) atoms. The monoisotopic (exact) mass is 292 g/mol. The number of rotatable bonds is 7. The average molecular weight is 292 g/mol. The minimum atomic E-state index is -0.815. The van der Waals surface area contributed by atoms with Gasteiger partial charge in [-0.05, 0) is 5.56 Å². The van der Waals surface area contributed by atoms with Crippen molar-refractivity contribution in [3.05, 3.63) is 35.9 Å². The molecule has 1 aliphatic heterocycles. The first kappa shape index (κ1) is 15.0. The standard InChI is InChI=1S/C14H16N2O5/c1-20-12(18)7-11-13(14(19)15-11)16(9-17)21-8-10-5-3-2-4-6-10/h2-6,9,11,13H,7-8H2,1H3,(H,15,19)/t11-,13+/m0/s1. The number of hydrogen-bond acceptors (Lipinski definition) is 5. The second-order valence-electron chi connectivity index (χ2n) is 4.56. The van der Waals surface area contributed by atoms with Crippen molar-refractivity contribution in [2.45, 2.75) is 25.1 Å². The van der Waals surface area contributed by atoms with Crippen molar-refractivity contribution in [1.29, 1.82) is 0 Å². The first-order chi connectivity index (χ1) is 10.2. The summed E-state index contributed by atoms with van der Waals surface area (Å²) in [5.74, 6) is -0.817. The van der Waals surface area contributed by atoms with Crippen molar-refractivity contribution in [3.63, 3.8) is 0 Å². The van der Waals surface area contributed by atoms with E-state index in [1.807, 2.05) is 30.3 Å². The van der Waals surface area contributed by atoms with Crippen molar-refractivity contribution < 1.29 is 24.0 Å². The fraction of sp³-hybridized carbons (Fsp3) is 0.357. The third kappa shape index (κ3) is 3.57. The van der Waals surface area contributed by atoms with E-state index in [0.717, 1.165) is 10.6 Å². The van der Waals surface area contributed by atoms with Crippen molar-refractivity contribution in [2.75, 3.05) is 7.11 Å². The number of benzene rings is 1. The van der Waals surface area contributed by atoms with Gasteiger partial charge in [0.2, 0.25) is 12.3 Å². The second-order valence-corrected chi connectivity index (χ2v) is 4.56. The van der Waals surface area contributed by atoms with Crippen LogP contribution >= 0.6 is 0 Å². The van der Waals surface area contributed by atoms with Crippen LogP contribution in [0.25, 0.3) is 0 Å². The molecule has 1 aromatic carbocycles. The Kier molecular flexibility index (Phi) is 4.89. The molecule has 1 fully saturated rings. The number of carbonyl (C=O) groups is 3. The number of carbonyl (C=O) groups excluding carboxylic acids is 3. The predicted octanol–water partition coefficient (Wildman–Crippen LogP) is 0.00670. The quantitative estimate of drug-likeness (QED) is 0.331. The molecule has 1 N–H and O–H groups in total. The number of hydroxylamine groups is 2. The van der Waals surface area contributed by atoms with E-state index in [9.17, 15) is 14.4 Å². The fourth-order valence-corrected chi connectivity index (χ4v) is 2.05. The minimum absolute atomic E-state index is 0.00799. The molecular formula is C14H16N2O5. The third-order valence-corrected chi connectivity index (χ3v) is 3.19. The van der Waals surface area contributed by atoms with Gasteiger partial charge in [-0.3, -0.25) is 19.2 Å². The topological polar surface area (TPSA) is 84.9 Å². The number of amides is 2. The molecule has 1 aromatic rings. The van der Waals surface area contributed by atoms with Crippen LogP contribution in [0.1, 0.15) is 12.0 Å². The van der Waals surface area contributed by atoms with E-state index in [1.54, 1.807) is 0 Å². The van der Waals surface area contributed by atoms with Crippen molar-refractivity contribution in [2.24, 2.45) is 0 Å². The highest BCUT2D eigenvalue weighted by molar-refractivity contribution is 5.92. The maximum atomic E-state index is 11.6. The van der Waals surface area contributed by atoms with E-state index in [2.05, 4.69) is 10.1 Å². The van der Waals surface area contributed by atoms with Gasteiger partial charge in [-0.15, -0.1) is 0 Å². The molecule has 2 rings (SSSR count). The highest BCUT2D eigenvalue weighted by Crippen LogP contribution is 2.18. The Morgan fingerprint density at radius 2 is 2.10 bits per heavy atom. The van der Waals surface area contributed by atoms with Crippen molar-refractivity contribution >= 4 is 18.3 Å². The highest BCUT2D eigenvalue weighted by atomic mass is 16.7. The number of methoxy groups -OCH3 is 1. The summed E-state index contributed by atoms with van der Waals surface area (Å²) >= 11 is 0. The molecule has 0 aromatic heterocycles. The van der Waals surface area contributed by atoms with E-state index in [0.29, 0.717) is 6.41 Å². The van der Waals surface area contributed by atoms with E-state index in [-0.39, 0.29) is 18.9 Å².